The second-order valence-corrected chi connectivity index (χ2v) is 6.48. The lowest BCUT2D eigenvalue weighted by molar-refractivity contribution is -0.00701. The predicted octanol–water partition coefficient (Wildman–Crippen LogP) is 3.31. The molecule has 2 atom stereocenters. The van der Waals surface area contributed by atoms with Gasteiger partial charge in [0, 0.05) is 30.3 Å². The maximum atomic E-state index is 12.3. The first-order valence-electron chi connectivity index (χ1n) is 7.91. The highest BCUT2D eigenvalue weighted by Crippen LogP contribution is 2.28. The summed E-state index contributed by atoms with van der Waals surface area (Å²) in [6, 6.07) is -0.230. The van der Waals surface area contributed by atoms with Crippen molar-refractivity contribution < 1.29 is 9.53 Å². The molecule has 1 aliphatic heterocycles. The Labute approximate surface area is 139 Å². The molecule has 7 heteroatoms. The number of aromatic nitrogens is 2. The first-order chi connectivity index (χ1) is 11.2. The van der Waals surface area contributed by atoms with E-state index in [4.69, 9.17) is 4.74 Å². The molecule has 0 aromatic carbocycles. The molecular weight excluding hydrogens is 312 g/mol. The summed E-state index contributed by atoms with van der Waals surface area (Å²) < 4.78 is 7.77. The van der Waals surface area contributed by atoms with Crippen LogP contribution in [0.3, 0.4) is 0 Å². The number of thiophene rings is 1. The number of anilines is 1. The van der Waals surface area contributed by atoms with Crippen molar-refractivity contribution in [1.82, 2.24) is 15.1 Å². The quantitative estimate of drug-likeness (QED) is 0.901. The fourth-order valence-corrected chi connectivity index (χ4v) is 3.55. The third-order valence-corrected chi connectivity index (χ3v) is 4.91. The topological polar surface area (TPSA) is 68.2 Å². The summed E-state index contributed by atoms with van der Waals surface area (Å²) in [5.41, 5.74) is 2.95. The van der Waals surface area contributed by atoms with Crippen LogP contribution in [-0.2, 0) is 11.3 Å². The molecule has 2 aromatic heterocycles. The normalized spacial score (nSPS) is 21.1. The van der Waals surface area contributed by atoms with Gasteiger partial charge in [-0.3, -0.25) is 4.68 Å². The zero-order valence-electron chi connectivity index (χ0n) is 13.4. The van der Waals surface area contributed by atoms with E-state index in [1.165, 1.54) is 0 Å². The molecule has 0 aliphatic carbocycles. The second kappa shape index (κ2) is 7.14. The van der Waals surface area contributed by atoms with Gasteiger partial charge in [-0.25, -0.2) is 4.79 Å². The number of amides is 2. The zero-order chi connectivity index (χ0) is 16.2. The van der Waals surface area contributed by atoms with Gasteiger partial charge >= 0.3 is 6.03 Å². The van der Waals surface area contributed by atoms with Crippen LogP contribution in [0, 0.1) is 6.92 Å². The van der Waals surface area contributed by atoms with E-state index in [0.29, 0.717) is 6.61 Å². The number of rotatable bonds is 4. The van der Waals surface area contributed by atoms with Crippen LogP contribution in [0.5, 0.6) is 0 Å². The smallest absolute Gasteiger partial charge is 0.319 e. The van der Waals surface area contributed by atoms with Gasteiger partial charge in [0.2, 0.25) is 0 Å². The lowest BCUT2D eigenvalue weighted by atomic mass is 9.98. The van der Waals surface area contributed by atoms with Crippen molar-refractivity contribution in [3.63, 3.8) is 0 Å². The molecule has 1 saturated heterocycles. The molecule has 23 heavy (non-hydrogen) atoms. The molecule has 1 fully saturated rings. The first-order valence-corrected chi connectivity index (χ1v) is 8.86. The van der Waals surface area contributed by atoms with Crippen LogP contribution in [0.2, 0.25) is 0 Å². The van der Waals surface area contributed by atoms with Gasteiger partial charge in [-0.2, -0.15) is 5.10 Å². The van der Waals surface area contributed by atoms with Crippen molar-refractivity contribution in [3.05, 3.63) is 34.3 Å². The van der Waals surface area contributed by atoms with Crippen LogP contribution in [0.1, 0.15) is 37.0 Å². The van der Waals surface area contributed by atoms with E-state index in [1.54, 1.807) is 11.3 Å². The molecule has 2 aromatic rings. The molecule has 0 spiro atoms. The first kappa shape index (κ1) is 16.0. The number of hydrogen-bond donors (Lipinski definition) is 2. The highest BCUT2D eigenvalue weighted by Gasteiger charge is 2.29. The number of aryl methyl sites for hydroxylation is 2. The SMILES string of the molecule is CCn1cc([C@H]2OCCC[C@@H]2NC(=O)Nc2cscc2C)cn1. The molecular formula is C16H22N4O2S. The Morgan fingerprint density at radius 3 is 3.09 bits per heavy atom. The van der Waals surface area contributed by atoms with Gasteiger partial charge in [0.15, 0.2) is 0 Å². The Hall–Kier alpha value is -1.86. The third kappa shape index (κ3) is 3.73. The van der Waals surface area contributed by atoms with Gasteiger partial charge in [-0.1, -0.05) is 0 Å². The fourth-order valence-electron chi connectivity index (χ4n) is 2.77. The second-order valence-electron chi connectivity index (χ2n) is 5.74. The maximum Gasteiger partial charge on any atom is 0.319 e. The average Bonchev–Trinajstić information content (AvgIpc) is 3.17. The van der Waals surface area contributed by atoms with E-state index < -0.39 is 0 Å². The molecule has 2 N–H and O–H groups in total. The summed E-state index contributed by atoms with van der Waals surface area (Å²) in [5, 5.41) is 14.2. The summed E-state index contributed by atoms with van der Waals surface area (Å²) >= 11 is 1.58. The lowest BCUT2D eigenvalue weighted by Gasteiger charge is -2.31. The van der Waals surface area contributed by atoms with Gasteiger partial charge < -0.3 is 15.4 Å². The number of ether oxygens (including phenoxy) is 1. The van der Waals surface area contributed by atoms with Crippen LogP contribution in [-0.4, -0.2) is 28.5 Å². The Morgan fingerprint density at radius 1 is 1.52 bits per heavy atom. The van der Waals surface area contributed by atoms with Crippen molar-refractivity contribution in [2.24, 2.45) is 0 Å². The Balaban J connectivity index is 1.66. The Kier molecular flexibility index (Phi) is 4.97. The molecule has 2 amide bonds. The monoisotopic (exact) mass is 334 g/mol. The molecule has 0 unspecified atom stereocenters. The van der Waals surface area contributed by atoms with E-state index in [0.717, 1.165) is 36.2 Å². The van der Waals surface area contributed by atoms with Crippen molar-refractivity contribution in [2.75, 3.05) is 11.9 Å². The van der Waals surface area contributed by atoms with E-state index in [9.17, 15) is 4.79 Å². The van der Waals surface area contributed by atoms with Gasteiger partial charge in [0.05, 0.1) is 17.9 Å². The van der Waals surface area contributed by atoms with Gasteiger partial charge in [-0.05, 0) is 37.6 Å². The number of carbonyl (C=O) groups excluding carboxylic acids is 1. The highest BCUT2D eigenvalue weighted by atomic mass is 32.1. The minimum absolute atomic E-state index is 0.0443. The predicted molar refractivity (Wildman–Crippen MR) is 90.8 cm³/mol. The van der Waals surface area contributed by atoms with Crippen molar-refractivity contribution in [1.29, 1.82) is 0 Å². The van der Waals surface area contributed by atoms with E-state index in [-0.39, 0.29) is 18.2 Å². The maximum absolute atomic E-state index is 12.3. The van der Waals surface area contributed by atoms with Gasteiger partial charge in [-0.15, -0.1) is 11.3 Å². The van der Waals surface area contributed by atoms with Crippen LogP contribution in [0.15, 0.2) is 23.2 Å². The largest absolute Gasteiger partial charge is 0.371 e. The Morgan fingerprint density at radius 2 is 2.39 bits per heavy atom. The van der Waals surface area contributed by atoms with E-state index in [2.05, 4.69) is 15.7 Å². The number of nitrogens with one attached hydrogen (secondary N) is 2. The minimum Gasteiger partial charge on any atom is -0.371 e. The standard InChI is InChI=1S/C16H22N4O2S/c1-3-20-8-12(7-17-20)15-13(5-4-6-22-15)18-16(21)19-14-10-23-9-11(14)2/h7-10,13,15H,3-6H2,1-2H3,(H2,18,19,21)/t13-,15+/m0/s1. The molecule has 6 nitrogen and oxygen atoms in total. The van der Waals surface area contributed by atoms with Crippen LogP contribution < -0.4 is 10.6 Å². The molecule has 124 valence electrons. The molecule has 1 aliphatic rings. The van der Waals surface area contributed by atoms with Gasteiger partial charge in [0.1, 0.15) is 6.10 Å². The molecule has 3 heterocycles. The lowest BCUT2D eigenvalue weighted by Crippen LogP contribution is -2.44. The van der Waals surface area contributed by atoms with Crippen LogP contribution >= 0.6 is 11.3 Å². The van der Waals surface area contributed by atoms with Crippen molar-refractivity contribution in [2.45, 2.75) is 45.4 Å². The third-order valence-electron chi connectivity index (χ3n) is 4.05. The number of nitrogens with zero attached hydrogens (tertiary/aromatic N) is 2. The molecule has 0 saturated carbocycles. The van der Waals surface area contributed by atoms with Crippen molar-refractivity contribution in [3.8, 4) is 0 Å². The minimum atomic E-state index is -0.185. The van der Waals surface area contributed by atoms with Gasteiger partial charge in [0.25, 0.3) is 0 Å². The summed E-state index contributed by atoms with van der Waals surface area (Å²) in [4.78, 5) is 12.3. The number of urea groups is 1. The summed E-state index contributed by atoms with van der Waals surface area (Å²) in [6.45, 7) is 5.57. The van der Waals surface area contributed by atoms with E-state index >= 15 is 0 Å². The summed E-state index contributed by atoms with van der Waals surface area (Å²) in [6.07, 6.45) is 5.53. The number of carbonyl (C=O) groups is 1. The fraction of sp³-hybridized carbons (Fsp3) is 0.500. The Bertz CT molecular complexity index is 667. The molecule has 0 bridgehead atoms. The van der Waals surface area contributed by atoms with E-state index in [1.807, 2.05) is 41.7 Å². The average molecular weight is 334 g/mol. The number of hydrogen-bond acceptors (Lipinski definition) is 4. The van der Waals surface area contributed by atoms with Crippen LogP contribution in [0.4, 0.5) is 10.5 Å². The molecule has 0 radical (unpaired) electrons. The van der Waals surface area contributed by atoms with Crippen LogP contribution in [0.25, 0.3) is 0 Å². The summed E-state index contributed by atoms with van der Waals surface area (Å²) in [7, 11) is 0. The zero-order valence-corrected chi connectivity index (χ0v) is 14.2. The summed E-state index contributed by atoms with van der Waals surface area (Å²) in [5.74, 6) is 0. The molecule has 3 rings (SSSR count). The van der Waals surface area contributed by atoms with Crippen molar-refractivity contribution >= 4 is 23.1 Å². The highest BCUT2D eigenvalue weighted by molar-refractivity contribution is 7.08.